The summed E-state index contributed by atoms with van der Waals surface area (Å²) in [7, 11) is 1.18. The van der Waals surface area contributed by atoms with Crippen LogP contribution >= 0.6 is 0 Å². The first-order valence-electron chi connectivity index (χ1n) is 3.47. The first-order valence-corrected chi connectivity index (χ1v) is 4.47. The number of aryl methyl sites for hydroxylation is 1. The van der Waals surface area contributed by atoms with Crippen molar-refractivity contribution < 1.29 is 0 Å². The van der Waals surface area contributed by atoms with Crippen molar-refractivity contribution in [3.8, 4) is 0 Å². The molecule has 50 valence electrons. The highest BCUT2D eigenvalue weighted by Crippen LogP contribution is 1.93. The van der Waals surface area contributed by atoms with Crippen LogP contribution in [0.3, 0.4) is 0 Å². The molecule has 1 rings (SSSR count). The summed E-state index contributed by atoms with van der Waals surface area (Å²) in [4.78, 5) is 3.24. The molecule has 0 atom stereocenters. The van der Waals surface area contributed by atoms with Gasteiger partial charge in [-0.1, -0.05) is 18.5 Å². The van der Waals surface area contributed by atoms with Gasteiger partial charge in [0.25, 0.3) is 0 Å². The normalized spacial score (nSPS) is 10.3. The summed E-state index contributed by atoms with van der Waals surface area (Å²) in [6, 6.07) is 2.18. The van der Waals surface area contributed by atoms with Crippen LogP contribution in [0.2, 0.25) is 0 Å². The monoisotopic (exact) mass is 139 g/mol. The van der Waals surface area contributed by atoms with E-state index in [4.69, 9.17) is 0 Å². The van der Waals surface area contributed by atoms with E-state index in [1.165, 1.54) is 34.0 Å². The Balaban J connectivity index is 2.69. The van der Waals surface area contributed by atoms with E-state index in [1.807, 2.05) is 6.20 Å². The van der Waals surface area contributed by atoms with Gasteiger partial charge in [-0.25, -0.2) is 0 Å². The first-order chi connectivity index (χ1) is 4.34. The Labute approximate surface area is 58.9 Å². The molecule has 0 saturated heterocycles. The zero-order valence-corrected chi connectivity index (χ0v) is 8.07. The zero-order chi connectivity index (χ0) is 6.69. The van der Waals surface area contributed by atoms with Gasteiger partial charge in [0, 0.05) is 22.1 Å². The average Bonchev–Trinajstić information content (AvgIpc) is 2.18. The second-order valence-corrected chi connectivity index (χ2v) is 3.47. The van der Waals surface area contributed by atoms with Crippen molar-refractivity contribution >= 4 is 15.4 Å². The van der Waals surface area contributed by atoms with Crippen LogP contribution in [0.15, 0.2) is 12.3 Å². The summed E-state index contributed by atoms with van der Waals surface area (Å²) in [5.74, 6) is 0. The zero-order valence-electron chi connectivity index (χ0n) is 6.07. The Hall–Kier alpha value is -0.503. The van der Waals surface area contributed by atoms with Crippen molar-refractivity contribution in [2.75, 3.05) is 0 Å². The SMILES string of the molecule is CCCc1[nH]ccc1[SiH3]. The molecule has 0 aliphatic rings. The fourth-order valence-corrected chi connectivity index (χ4v) is 1.56. The van der Waals surface area contributed by atoms with E-state index in [1.54, 1.807) is 0 Å². The topological polar surface area (TPSA) is 15.8 Å². The van der Waals surface area contributed by atoms with Gasteiger partial charge in [0.1, 0.15) is 0 Å². The average molecular weight is 139 g/mol. The number of aromatic nitrogens is 1. The van der Waals surface area contributed by atoms with Crippen LogP contribution in [-0.2, 0) is 6.42 Å². The van der Waals surface area contributed by atoms with Gasteiger partial charge in [-0.05, 0) is 12.5 Å². The van der Waals surface area contributed by atoms with Gasteiger partial charge in [-0.2, -0.15) is 0 Å². The van der Waals surface area contributed by atoms with Crippen LogP contribution in [0.1, 0.15) is 19.0 Å². The molecular formula is C7H13NSi. The fraction of sp³-hybridized carbons (Fsp3) is 0.429. The number of H-pyrrole nitrogens is 1. The summed E-state index contributed by atoms with van der Waals surface area (Å²) < 4.78 is 0. The van der Waals surface area contributed by atoms with Crippen LogP contribution in [-0.4, -0.2) is 15.2 Å². The largest absolute Gasteiger partial charge is 0.365 e. The van der Waals surface area contributed by atoms with Crippen molar-refractivity contribution in [3.05, 3.63) is 18.0 Å². The van der Waals surface area contributed by atoms with Gasteiger partial charge < -0.3 is 4.98 Å². The van der Waals surface area contributed by atoms with E-state index >= 15 is 0 Å². The third kappa shape index (κ3) is 1.45. The van der Waals surface area contributed by atoms with Crippen molar-refractivity contribution in [2.45, 2.75) is 19.8 Å². The summed E-state index contributed by atoms with van der Waals surface area (Å²) in [5, 5.41) is 1.52. The maximum atomic E-state index is 3.24. The molecule has 1 N–H and O–H groups in total. The van der Waals surface area contributed by atoms with Gasteiger partial charge in [0.15, 0.2) is 0 Å². The minimum atomic E-state index is 1.18. The number of nitrogens with one attached hydrogen (secondary N) is 1. The second kappa shape index (κ2) is 2.87. The van der Waals surface area contributed by atoms with Crippen molar-refractivity contribution in [1.82, 2.24) is 4.98 Å². The molecule has 0 aliphatic carbocycles. The summed E-state index contributed by atoms with van der Waals surface area (Å²) in [5.41, 5.74) is 1.45. The number of aromatic amines is 1. The molecule has 1 aromatic heterocycles. The minimum absolute atomic E-state index is 1.18. The quantitative estimate of drug-likeness (QED) is 0.553. The Morgan fingerprint density at radius 2 is 2.44 bits per heavy atom. The van der Waals surface area contributed by atoms with E-state index in [0.29, 0.717) is 0 Å². The molecule has 0 amide bonds. The maximum absolute atomic E-state index is 3.24. The van der Waals surface area contributed by atoms with Gasteiger partial charge >= 0.3 is 0 Å². The molecule has 0 saturated carbocycles. The van der Waals surface area contributed by atoms with Gasteiger partial charge in [0.2, 0.25) is 0 Å². The molecule has 0 bridgehead atoms. The van der Waals surface area contributed by atoms with Gasteiger partial charge in [-0.15, -0.1) is 0 Å². The molecule has 2 heteroatoms. The van der Waals surface area contributed by atoms with E-state index in [9.17, 15) is 0 Å². The Kier molecular flexibility index (Phi) is 2.11. The molecule has 1 nitrogen and oxygen atoms in total. The predicted octanol–water partition coefficient (Wildman–Crippen LogP) is -0.0421. The maximum Gasteiger partial charge on any atom is 0.0408 e. The minimum Gasteiger partial charge on any atom is -0.365 e. The molecule has 0 spiro atoms. The third-order valence-electron chi connectivity index (χ3n) is 1.57. The van der Waals surface area contributed by atoms with Crippen LogP contribution in [0, 0.1) is 0 Å². The Morgan fingerprint density at radius 1 is 1.67 bits per heavy atom. The summed E-state index contributed by atoms with van der Waals surface area (Å²) in [6.45, 7) is 2.21. The highest BCUT2D eigenvalue weighted by atomic mass is 28.1. The summed E-state index contributed by atoms with van der Waals surface area (Å²) >= 11 is 0. The summed E-state index contributed by atoms with van der Waals surface area (Å²) in [6.07, 6.45) is 4.49. The Bertz CT molecular complexity index is 181. The molecule has 0 unspecified atom stereocenters. The van der Waals surface area contributed by atoms with E-state index in [0.717, 1.165) is 0 Å². The van der Waals surface area contributed by atoms with E-state index < -0.39 is 0 Å². The van der Waals surface area contributed by atoms with Crippen molar-refractivity contribution in [2.24, 2.45) is 0 Å². The predicted molar refractivity (Wildman–Crippen MR) is 44.4 cm³/mol. The van der Waals surface area contributed by atoms with E-state index in [-0.39, 0.29) is 0 Å². The fourth-order valence-electron chi connectivity index (χ4n) is 1.00. The smallest absolute Gasteiger partial charge is 0.0408 e. The second-order valence-electron chi connectivity index (χ2n) is 2.39. The lowest BCUT2D eigenvalue weighted by Gasteiger charge is -1.93. The number of rotatable bonds is 2. The molecule has 0 radical (unpaired) electrons. The van der Waals surface area contributed by atoms with Crippen LogP contribution in [0.25, 0.3) is 0 Å². The molecule has 0 aliphatic heterocycles. The molecular weight excluding hydrogens is 126 g/mol. The van der Waals surface area contributed by atoms with Crippen molar-refractivity contribution in [1.29, 1.82) is 0 Å². The number of hydrogen-bond donors (Lipinski definition) is 1. The lowest BCUT2D eigenvalue weighted by atomic mass is 10.2. The number of hydrogen-bond acceptors (Lipinski definition) is 0. The van der Waals surface area contributed by atoms with E-state index in [2.05, 4.69) is 18.0 Å². The van der Waals surface area contributed by atoms with Crippen molar-refractivity contribution in [3.63, 3.8) is 0 Å². The van der Waals surface area contributed by atoms with Gasteiger partial charge in [0.05, 0.1) is 0 Å². The standard InChI is InChI=1S/C7H13NSi/c1-2-3-6-7(9)4-5-8-6/h4-5,8H,2-3H2,1,9H3. The van der Waals surface area contributed by atoms with Crippen LogP contribution < -0.4 is 5.19 Å². The molecule has 0 aromatic carbocycles. The third-order valence-corrected chi connectivity index (χ3v) is 2.50. The Morgan fingerprint density at radius 3 is 2.89 bits per heavy atom. The molecule has 0 fully saturated rings. The van der Waals surface area contributed by atoms with Crippen LogP contribution in [0.5, 0.6) is 0 Å². The lowest BCUT2D eigenvalue weighted by Crippen LogP contribution is -2.05. The van der Waals surface area contributed by atoms with Crippen LogP contribution in [0.4, 0.5) is 0 Å². The highest BCUT2D eigenvalue weighted by molar-refractivity contribution is 6.33. The van der Waals surface area contributed by atoms with Gasteiger partial charge in [-0.3, -0.25) is 0 Å². The first kappa shape index (κ1) is 6.61. The molecule has 9 heavy (non-hydrogen) atoms. The lowest BCUT2D eigenvalue weighted by molar-refractivity contribution is 0.898. The molecule has 1 aromatic rings. The molecule has 1 heterocycles. The highest BCUT2D eigenvalue weighted by Gasteiger charge is 1.94.